The Balaban J connectivity index is 2.08. The zero-order valence-electron chi connectivity index (χ0n) is 23.5. The van der Waals surface area contributed by atoms with Crippen LogP contribution in [-0.4, -0.2) is 81.8 Å². The van der Waals surface area contributed by atoms with Crippen LogP contribution in [0.4, 0.5) is 0 Å². The fourth-order valence-electron chi connectivity index (χ4n) is 7.23. The van der Waals surface area contributed by atoms with E-state index in [-0.39, 0.29) is 30.4 Å². The Morgan fingerprint density at radius 2 is 1.86 bits per heavy atom. The van der Waals surface area contributed by atoms with Gasteiger partial charge in [-0.3, -0.25) is 14.4 Å². The molecule has 2 bridgehead atoms. The molecule has 3 heterocycles. The van der Waals surface area contributed by atoms with Crippen molar-refractivity contribution in [2.75, 3.05) is 26.3 Å². The molecule has 0 saturated carbocycles. The Labute approximate surface area is 222 Å². The third-order valence-corrected chi connectivity index (χ3v) is 8.19. The molecule has 208 valence electrons. The second kappa shape index (κ2) is 10.5. The Morgan fingerprint density at radius 1 is 1.19 bits per heavy atom. The van der Waals surface area contributed by atoms with Gasteiger partial charge in [0.1, 0.15) is 24.2 Å². The number of amides is 2. The lowest BCUT2D eigenvalue weighted by molar-refractivity contribution is -0.160. The van der Waals surface area contributed by atoms with E-state index < -0.39 is 40.6 Å². The summed E-state index contributed by atoms with van der Waals surface area (Å²) in [7, 11) is 0. The Bertz CT molecular complexity index is 924. The van der Waals surface area contributed by atoms with Crippen molar-refractivity contribution in [3.05, 3.63) is 25.3 Å². The first-order valence-corrected chi connectivity index (χ1v) is 13.5. The molecule has 0 aliphatic carbocycles. The second-order valence-electron chi connectivity index (χ2n) is 12.9. The van der Waals surface area contributed by atoms with Crippen molar-refractivity contribution in [1.82, 2.24) is 9.80 Å². The zero-order valence-corrected chi connectivity index (χ0v) is 23.5. The largest absolute Gasteiger partial charge is 0.461 e. The maximum atomic E-state index is 14.6. The van der Waals surface area contributed by atoms with E-state index in [2.05, 4.69) is 33.9 Å². The summed E-state index contributed by atoms with van der Waals surface area (Å²) >= 11 is 0. The summed E-state index contributed by atoms with van der Waals surface area (Å²) in [5, 5.41) is 9.37. The maximum Gasteiger partial charge on any atom is 0.313 e. The number of hydrogen-bond acceptors (Lipinski definition) is 6. The number of likely N-dealkylation sites (tertiary alicyclic amines) is 1. The summed E-state index contributed by atoms with van der Waals surface area (Å²) in [6.07, 6.45) is 6.09. The molecular weight excluding hydrogens is 472 g/mol. The predicted octanol–water partition coefficient (Wildman–Crippen LogP) is 3.48. The van der Waals surface area contributed by atoms with Gasteiger partial charge in [0.2, 0.25) is 11.8 Å². The van der Waals surface area contributed by atoms with Crippen molar-refractivity contribution in [2.24, 2.45) is 17.3 Å². The molecule has 2 amide bonds. The number of nitrogens with zero attached hydrogens (tertiary/aromatic N) is 2. The van der Waals surface area contributed by atoms with Gasteiger partial charge < -0.3 is 24.4 Å². The first-order chi connectivity index (χ1) is 17.2. The van der Waals surface area contributed by atoms with Crippen LogP contribution in [-0.2, 0) is 23.9 Å². The molecule has 1 N–H and O–H groups in total. The minimum Gasteiger partial charge on any atom is -0.461 e. The van der Waals surface area contributed by atoms with Crippen molar-refractivity contribution < 1.29 is 29.0 Å². The first-order valence-electron chi connectivity index (χ1n) is 13.5. The van der Waals surface area contributed by atoms with E-state index in [0.717, 1.165) is 6.42 Å². The topological polar surface area (TPSA) is 96.4 Å². The fraction of sp³-hybridized carbons (Fsp3) is 0.759. The highest BCUT2D eigenvalue weighted by atomic mass is 16.6. The molecule has 0 aromatic rings. The number of aliphatic hydroxyl groups excluding tert-OH is 1. The van der Waals surface area contributed by atoms with Gasteiger partial charge in [0.25, 0.3) is 0 Å². The number of carbonyl (C=O) groups is 3. The molecule has 8 nitrogen and oxygen atoms in total. The normalized spacial score (nSPS) is 30.8. The smallest absolute Gasteiger partial charge is 0.313 e. The minimum atomic E-state index is -1.10. The van der Waals surface area contributed by atoms with E-state index in [1.54, 1.807) is 11.0 Å². The van der Waals surface area contributed by atoms with E-state index in [1.807, 2.05) is 25.7 Å². The molecule has 8 heteroatoms. The van der Waals surface area contributed by atoms with E-state index in [1.165, 1.54) is 6.08 Å². The lowest BCUT2D eigenvalue weighted by Gasteiger charge is -2.45. The summed E-state index contributed by atoms with van der Waals surface area (Å²) in [4.78, 5) is 45.2. The maximum absolute atomic E-state index is 14.6. The van der Waals surface area contributed by atoms with Crippen molar-refractivity contribution in [2.45, 2.75) is 96.4 Å². The van der Waals surface area contributed by atoms with Gasteiger partial charge in [0, 0.05) is 25.2 Å². The molecule has 37 heavy (non-hydrogen) atoms. The molecule has 5 atom stereocenters. The number of ether oxygens (including phenoxy) is 2. The second-order valence-corrected chi connectivity index (χ2v) is 12.9. The van der Waals surface area contributed by atoms with Crippen molar-refractivity contribution in [1.29, 1.82) is 0 Å². The van der Waals surface area contributed by atoms with Crippen LogP contribution >= 0.6 is 0 Å². The number of esters is 1. The summed E-state index contributed by atoms with van der Waals surface area (Å²) < 4.78 is 12.1. The van der Waals surface area contributed by atoms with E-state index in [9.17, 15) is 19.5 Å². The molecule has 0 radical (unpaired) electrons. The molecule has 2 unspecified atom stereocenters. The molecule has 1 spiro atoms. The van der Waals surface area contributed by atoms with Crippen LogP contribution in [0.1, 0.15) is 73.6 Å². The van der Waals surface area contributed by atoms with Crippen LogP contribution in [0.15, 0.2) is 25.3 Å². The van der Waals surface area contributed by atoms with Crippen LogP contribution in [0.2, 0.25) is 0 Å². The van der Waals surface area contributed by atoms with Crippen LogP contribution in [0, 0.1) is 17.3 Å². The van der Waals surface area contributed by atoms with Gasteiger partial charge in [0.15, 0.2) is 0 Å². The van der Waals surface area contributed by atoms with Crippen LogP contribution in [0.5, 0.6) is 0 Å². The van der Waals surface area contributed by atoms with E-state index in [4.69, 9.17) is 9.47 Å². The molecule has 3 saturated heterocycles. The molecule has 3 fully saturated rings. The number of rotatable bonds is 12. The number of unbranched alkanes of at least 4 members (excludes halogenated alkanes) is 1. The lowest BCUT2D eigenvalue weighted by Crippen LogP contribution is -2.61. The third-order valence-electron chi connectivity index (χ3n) is 8.19. The van der Waals surface area contributed by atoms with Gasteiger partial charge in [-0.15, -0.1) is 6.58 Å². The number of aliphatic hydroxyl groups is 1. The van der Waals surface area contributed by atoms with Gasteiger partial charge in [-0.25, -0.2) is 0 Å². The molecule has 0 aromatic heterocycles. The predicted molar refractivity (Wildman–Crippen MR) is 141 cm³/mol. The quantitative estimate of drug-likeness (QED) is 0.241. The van der Waals surface area contributed by atoms with Gasteiger partial charge in [-0.2, -0.15) is 0 Å². The minimum absolute atomic E-state index is 0.00148. The highest BCUT2D eigenvalue weighted by Gasteiger charge is 2.78. The molecular formula is C29H46N2O6. The number of hydrogen-bond donors (Lipinski definition) is 1. The summed E-state index contributed by atoms with van der Waals surface area (Å²) in [5.74, 6) is -2.49. The van der Waals surface area contributed by atoms with Crippen LogP contribution < -0.4 is 0 Å². The summed E-state index contributed by atoms with van der Waals surface area (Å²) in [5.41, 5.74) is -2.53. The average Bonchev–Trinajstić information content (AvgIpc) is 3.35. The number of carbonyl (C=O) groups excluding carboxylic acids is 3. The Hall–Kier alpha value is -2.19. The van der Waals surface area contributed by atoms with E-state index >= 15 is 0 Å². The van der Waals surface area contributed by atoms with Crippen LogP contribution in [0.25, 0.3) is 0 Å². The monoisotopic (exact) mass is 518 g/mol. The van der Waals surface area contributed by atoms with Crippen molar-refractivity contribution in [3.63, 3.8) is 0 Å². The highest BCUT2D eigenvalue weighted by molar-refractivity contribution is 5.98. The highest BCUT2D eigenvalue weighted by Crippen LogP contribution is 2.63. The van der Waals surface area contributed by atoms with Gasteiger partial charge in [-0.05, 0) is 58.3 Å². The standard InChI is InChI=1S/C29H46N2O6/c1-9-15-31(27(6,7)19-26(3,4)5)24(34)22-29-14-13-28(8,37-29)21(25(35)36-18-10-2)20(29)23(33)30(22)16-11-12-17-32/h9-10,20-22,32H,1-2,11-19H2,3-8H3/t20-,21-,22?,28+,29?/m0/s1. The Morgan fingerprint density at radius 3 is 2.43 bits per heavy atom. The zero-order chi connectivity index (χ0) is 27.8. The average molecular weight is 519 g/mol. The van der Waals surface area contributed by atoms with Gasteiger partial charge in [0.05, 0.1) is 11.5 Å². The first kappa shape index (κ1) is 29.4. The fourth-order valence-corrected chi connectivity index (χ4v) is 7.23. The summed E-state index contributed by atoms with van der Waals surface area (Å²) in [6, 6.07) is -0.859. The summed E-state index contributed by atoms with van der Waals surface area (Å²) in [6.45, 7) is 20.6. The molecule has 0 aromatic carbocycles. The van der Waals surface area contributed by atoms with Crippen molar-refractivity contribution in [3.8, 4) is 0 Å². The van der Waals surface area contributed by atoms with Crippen LogP contribution in [0.3, 0.4) is 0 Å². The van der Waals surface area contributed by atoms with Gasteiger partial charge >= 0.3 is 5.97 Å². The van der Waals surface area contributed by atoms with E-state index in [0.29, 0.717) is 38.8 Å². The Kier molecular flexibility index (Phi) is 8.35. The molecule has 3 rings (SSSR count). The SMILES string of the molecule is C=CCOC(=O)[C@@H]1[C@H]2C(=O)N(CCCCO)C(C(=O)N(CC=C)C(C)(C)CC(C)(C)C)C23CC[C@@]1(C)O3. The number of fused-ring (bicyclic) bond motifs is 1. The molecule has 3 aliphatic heterocycles. The third kappa shape index (κ3) is 5.24. The lowest BCUT2D eigenvalue weighted by atomic mass is 9.66. The molecule has 3 aliphatic rings. The van der Waals surface area contributed by atoms with Gasteiger partial charge in [-0.1, -0.05) is 39.5 Å². The van der Waals surface area contributed by atoms with Crippen molar-refractivity contribution >= 4 is 17.8 Å².